The summed E-state index contributed by atoms with van der Waals surface area (Å²) < 4.78 is 11.5. The van der Waals surface area contributed by atoms with Crippen LogP contribution in [0.2, 0.25) is 18.1 Å². The Hall–Kier alpha value is -1.59. The second kappa shape index (κ2) is 6.89. The first-order valence-corrected chi connectivity index (χ1v) is 10.9. The second-order valence-corrected chi connectivity index (χ2v) is 12.2. The average Bonchev–Trinajstić information content (AvgIpc) is 2.44. The van der Waals surface area contributed by atoms with Gasteiger partial charge in [0.15, 0.2) is 8.32 Å². The fourth-order valence-electron chi connectivity index (χ4n) is 1.93. The molecule has 0 N–H and O–H groups in total. The molecule has 0 radical (unpaired) electrons. The average molecular weight is 334 g/mol. The lowest BCUT2D eigenvalue weighted by atomic mass is 10.2. The van der Waals surface area contributed by atoms with Gasteiger partial charge in [-0.05, 0) is 29.8 Å². The maximum absolute atomic E-state index is 12.1. The van der Waals surface area contributed by atoms with Crippen molar-refractivity contribution in [3.05, 3.63) is 48.2 Å². The molecule has 126 valence electrons. The highest BCUT2D eigenvalue weighted by molar-refractivity contribution is 6.74. The van der Waals surface area contributed by atoms with Crippen LogP contribution in [0.5, 0.6) is 0 Å². The van der Waals surface area contributed by atoms with Crippen LogP contribution in [0.4, 0.5) is 4.79 Å². The maximum Gasteiger partial charge on any atom is 0.414 e. The number of benzene rings is 1. The molecule has 1 atom stereocenters. The molecular formula is C18H27NO3Si. The topological polar surface area (TPSA) is 38.8 Å². The number of nitrogens with zero attached hydrogens (tertiary/aromatic N) is 1. The molecule has 5 heteroatoms. The van der Waals surface area contributed by atoms with Crippen LogP contribution in [0.15, 0.2) is 42.6 Å². The summed E-state index contributed by atoms with van der Waals surface area (Å²) in [4.78, 5) is 13.7. The van der Waals surface area contributed by atoms with Crippen LogP contribution in [0.3, 0.4) is 0 Å². The summed E-state index contributed by atoms with van der Waals surface area (Å²) in [7, 11) is -1.80. The third-order valence-corrected chi connectivity index (χ3v) is 9.16. The fraction of sp³-hybridized carbons (Fsp3) is 0.500. The zero-order chi connectivity index (χ0) is 17.1. The van der Waals surface area contributed by atoms with Crippen LogP contribution in [-0.2, 0) is 15.8 Å². The van der Waals surface area contributed by atoms with E-state index < -0.39 is 8.32 Å². The van der Waals surface area contributed by atoms with Gasteiger partial charge >= 0.3 is 6.09 Å². The van der Waals surface area contributed by atoms with E-state index >= 15 is 0 Å². The van der Waals surface area contributed by atoms with Crippen molar-refractivity contribution < 1.29 is 14.0 Å². The molecule has 0 spiro atoms. The number of hydrogen-bond acceptors (Lipinski definition) is 3. The number of rotatable bonds is 5. The summed E-state index contributed by atoms with van der Waals surface area (Å²) in [6.07, 6.45) is 3.42. The molecule has 0 aliphatic carbocycles. The molecule has 4 nitrogen and oxygen atoms in total. The lowest BCUT2D eigenvalue weighted by molar-refractivity contribution is 0.0858. The molecular weight excluding hydrogens is 306 g/mol. The van der Waals surface area contributed by atoms with E-state index in [-0.39, 0.29) is 17.2 Å². The van der Waals surface area contributed by atoms with Gasteiger partial charge < -0.3 is 9.16 Å². The molecule has 1 aliphatic heterocycles. The van der Waals surface area contributed by atoms with Gasteiger partial charge in [-0.1, -0.05) is 51.1 Å². The molecule has 0 unspecified atom stereocenters. The quantitative estimate of drug-likeness (QED) is 0.742. The van der Waals surface area contributed by atoms with Crippen LogP contribution in [-0.4, -0.2) is 32.0 Å². The molecule has 2 rings (SSSR count). The Morgan fingerprint density at radius 3 is 2.39 bits per heavy atom. The second-order valence-electron chi connectivity index (χ2n) is 7.43. The normalized spacial score (nSPS) is 17.8. The number of carbonyl (C=O) groups excluding carboxylic acids is 1. The smallest absolute Gasteiger partial charge is 0.414 e. The lowest BCUT2D eigenvalue weighted by Gasteiger charge is -2.39. The number of carbonyl (C=O) groups is 1. The van der Waals surface area contributed by atoms with Crippen LogP contribution in [0, 0.1) is 0 Å². The first-order chi connectivity index (χ1) is 10.7. The van der Waals surface area contributed by atoms with E-state index in [1.807, 2.05) is 36.4 Å². The summed E-state index contributed by atoms with van der Waals surface area (Å²) in [5.41, 5.74) is 0.986. The highest BCUT2D eigenvalue weighted by Gasteiger charge is 2.39. The van der Waals surface area contributed by atoms with Gasteiger partial charge in [0.05, 0.1) is 12.6 Å². The third kappa shape index (κ3) is 4.45. The number of amides is 1. The van der Waals surface area contributed by atoms with Gasteiger partial charge in [0.1, 0.15) is 6.61 Å². The molecule has 1 aromatic carbocycles. The zero-order valence-electron chi connectivity index (χ0n) is 14.7. The third-order valence-electron chi connectivity index (χ3n) is 4.66. The van der Waals surface area contributed by atoms with Crippen LogP contribution >= 0.6 is 0 Å². The highest BCUT2D eigenvalue weighted by atomic mass is 28.4. The van der Waals surface area contributed by atoms with E-state index in [1.54, 1.807) is 11.1 Å². The molecule has 1 aliphatic rings. The molecule has 0 saturated carbocycles. The van der Waals surface area contributed by atoms with Crippen LogP contribution in [0.25, 0.3) is 0 Å². The van der Waals surface area contributed by atoms with Crippen molar-refractivity contribution in [3.63, 3.8) is 0 Å². The first kappa shape index (κ1) is 17.8. The van der Waals surface area contributed by atoms with Gasteiger partial charge in [0, 0.05) is 6.20 Å². The van der Waals surface area contributed by atoms with Crippen molar-refractivity contribution in [1.29, 1.82) is 0 Å². The number of ether oxygens (including phenoxy) is 1. The van der Waals surface area contributed by atoms with Crippen molar-refractivity contribution in [1.82, 2.24) is 4.90 Å². The Balaban J connectivity index is 1.81. The van der Waals surface area contributed by atoms with Crippen molar-refractivity contribution in [2.24, 2.45) is 0 Å². The predicted molar refractivity (Wildman–Crippen MR) is 94.5 cm³/mol. The van der Waals surface area contributed by atoms with Crippen molar-refractivity contribution in [3.8, 4) is 0 Å². The maximum atomic E-state index is 12.1. The van der Waals surface area contributed by atoms with Gasteiger partial charge in [-0.3, -0.25) is 4.90 Å². The minimum atomic E-state index is -1.80. The largest absolute Gasteiger partial charge is 0.444 e. The van der Waals surface area contributed by atoms with E-state index in [2.05, 4.69) is 33.9 Å². The van der Waals surface area contributed by atoms with Crippen LogP contribution < -0.4 is 0 Å². The van der Waals surface area contributed by atoms with E-state index in [1.165, 1.54) is 0 Å². The Morgan fingerprint density at radius 2 is 1.87 bits per heavy atom. The van der Waals surface area contributed by atoms with Gasteiger partial charge in [-0.2, -0.15) is 0 Å². The molecule has 0 saturated heterocycles. The Kier molecular flexibility index (Phi) is 5.32. The van der Waals surface area contributed by atoms with Crippen molar-refractivity contribution in [2.75, 3.05) is 6.61 Å². The molecule has 1 aromatic rings. The summed E-state index contributed by atoms with van der Waals surface area (Å²) in [5.74, 6) is 0. The minimum Gasteiger partial charge on any atom is -0.444 e. The summed E-state index contributed by atoms with van der Waals surface area (Å²) in [6.45, 7) is 11.9. The zero-order valence-corrected chi connectivity index (χ0v) is 15.7. The Morgan fingerprint density at radius 1 is 1.22 bits per heavy atom. The summed E-state index contributed by atoms with van der Waals surface area (Å²) >= 11 is 0. The standard InChI is InChI=1S/C18H27NO3Si/c1-18(2,3)23(4,5)22-14-16-11-12-19(16)17(20)21-13-15-9-7-6-8-10-15/h6-12,16H,13-14H2,1-5H3/t16-/m1/s1. The fourth-order valence-corrected chi connectivity index (χ4v) is 2.95. The lowest BCUT2D eigenvalue weighted by Crippen LogP contribution is -2.49. The van der Waals surface area contributed by atoms with Crippen LogP contribution in [0.1, 0.15) is 26.3 Å². The van der Waals surface area contributed by atoms with E-state index in [4.69, 9.17) is 9.16 Å². The van der Waals surface area contributed by atoms with Gasteiger partial charge in [-0.15, -0.1) is 0 Å². The SMILES string of the molecule is CC(C)(C)[Si](C)(C)OC[C@H]1C=CN1C(=O)OCc1ccccc1. The monoisotopic (exact) mass is 333 g/mol. The molecule has 0 bridgehead atoms. The predicted octanol–water partition coefficient (Wildman–Crippen LogP) is 4.54. The Labute approximate surface area is 140 Å². The van der Waals surface area contributed by atoms with Gasteiger partial charge in [0.2, 0.25) is 0 Å². The highest BCUT2D eigenvalue weighted by Crippen LogP contribution is 2.37. The van der Waals surface area contributed by atoms with Crippen molar-refractivity contribution >= 4 is 14.4 Å². The summed E-state index contributed by atoms with van der Waals surface area (Å²) in [6, 6.07) is 9.67. The van der Waals surface area contributed by atoms with Gasteiger partial charge in [0.25, 0.3) is 0 Å². The van der Waals surface area contributed by atoms with E-state index in [0.29, 0.717) is 13.2 Å². The molecule has 0 fully saturated rings. The summed E-state index contributed by atoms with van der Waals surface area (Å²) in [5, 5.41) is 0.166. The van der Waals surface area contributed by atoms with E-state index in [9.17, 15) is 4.79 Å². The molecule has 23 heavy (non-hydrogen) atoms. The van der Waals surface area contributed by atoms with Gasteiger partial charge in [-0.25, -0.2) is 4.79 Å². The molecule has 1 amide bonds. The first-order valence-electron chi connectivity index (χ1n) is 8.02. The Bertz CT molecular complexity index is 563. The minimum absolute atomic E-state index is 0.0209. The van der Waals surface area contributed by atoms with Crippen molar-refractivity contribution in [2.45, 2.75) is 51.6 Å². The number of hydrogen-bond donors (Lipinski definition) is 0. The molecule has 1 heterocycles. The van der Waals surface area contributed by atoms with E-state index in [0.717, 1.165) is 5.56 Å². The molecule has 0 aromatic heterocycles.